The number of nitrogens with zero attached hydrogens (tertiary/aromatic N) is 7. The Morgan fingerprint density at radius 1 is 0.402 bits per heavy atom. The first-order valence-electron chi connectivity index (χ1n) is 40.0. The van der Waals surface area contributed by atoms with Gasteiger partial charge in [-0.05, 0) is 139 Å². The second-order valence-corrected chi connectivity index (χ2v) is 41.5. The summed E-state index contributed by atoms with van der Waals surface area (Å²) < 4.78 is 32.0. The molecule has 0 bridgehead atoms. The monoisotopic (exact) mass is 1660 g/mol. The average molecular weight is 1660 g/mol. The molecule has 0 aliphatic carbocycles. The number of hydrogen-bond donors (Lipinski definition) is 2. The summed E-state index contributed by atoms with van der Waals surface area (Å²) in [5.74, 6) is 1.84. The lowest BCUT2D eigenvalue weighted by atomic mass is 9.86. The van der Waals surface area contributed by atoms with E-state index in [9.17, 15) is 14.0 Å². The van der Waals surface area contributed by atoms with Crippen molar-refractivity contribution in [2.24, 2.45) is 0 Å². The lowest BCUT2D eigenvalue weighted by Gasteiger charge is -2.20. The first-order chi connectivity index (χ1) is 53.4. The van der Waals surface area contributed by atoms with Crippen LogP contribution in [0.1, 0.15) is 301 Å². The van der Waals surface area contributed by atoms with E-state index in [-0.39, 0.29) is 66.6 Å². The molecule has 11 rings (SSSR count). The van der Waals surface area contributed by atoms with E-state index in [1.54, 1.807) is 35.9 Å². The van der Waals surface area contributed by atoms with Crippen molar-refractivity contribution in [3.8, 4) is 0 Å². The number of aromatic nitrogens is 7. The van der Waals surface area contributed by atoms with Crippen molar-refractivity contribution in [3.63, 3.8) is 0 Å². The summed E-state index contributed by atoms with van der Waals surface area (Å²) in [6.45, 7) is 71.9. The summed E-state index contributed by atoms with van der Waals surface area (Å²) in [6.07, 6.45) is 13.3. The summed E-state index contributed by atoms with van der Waals surface area (Å²) >= 11 is 13.7. The van der Waals surface area contributed by atoms with Crippen molar-refractivity contribution in [1.29, 1.82) is 0 Å². The lowest BCUT2D eigenvalue weighted by molar-refractivity contribution is -0.607. The van der Waals surface area contributed by atoms with E-state index in [0.29, 0.717) is 21.5 Å². The van der Waals surface area contributed by atoms with Crippen molar-refractivity contribution in [2.75, 3.05) is 5.73 Å². The largest absolute Gasteiger partial charge is 0.619 e. The van der Waals surface area contributed by atoms with Crippen LogP contribution in [0, 0.1) is 23.8 Å². The van der Waals surface area contributed by atoms with Gasteiger partial charge in [0.05, 0.1) is 16.2 Å². The molecule has 0 unspecified atom stereocenters. The Labute approximate surface area is 720 Å². The van der Waals surface area contributed by atoms with Gasteiger partial charge in [-0.25, -0.2) is 14.4 Å². The minimum absolute atomic E-state index is 0.0178. The van der Waals surface area contributed by atoms with Gasteiger partial charge in [0, 0.05) is 97.4 Å². The topological polar surface area (TPSA) is 164 Å². The molecule has 7 aromatic heterocycles. The van der Waals surface area contributed by atoms with Crippen LogP contribution in [0.3, 0.4) is 0 Å². The number of halogens is 4. The van der Waals surface area contributed by atoms with Crippen LogP contribution in [0.2, 0.25) is 10.0 Å². The Bertz CT molecular complexity index is 4210. The van der Waals surface area contributed by atoms with Gasteiger partial charge in [0.15, 0.2) is 12.0 Å². The Balaban J connectivity index is 0.000000644. The van der Waals surface area contributed by atoms with Crippen molar-refractivity contribution < 1.29 is 23.0 Å². The van der Waals surface area contributed by atoms with Gasteiger partial charge in [0.1, 0.15) is 29.8 Å². The number of pyridine rings is 4. The molecule has 640 valence electrons. The minimum Gasteiger partial charge on any atom is -0.619 e. The third kappa shape index (κ3) is 43.1. The summed E-state index contributed by atoms with van der Waals surface area (Å²) in [7, 11) is 0. The second kappa shape index (κ2) is 47.3. The second-order valence-electron chi connectivity index (χ2n) is 39.8. The highest BCUT2D eigenvalue weighted by atomic mass is 35.5. The van der Waals surface area contributed by atoms with Crippen molar-refractivity contribution in [2.45, 2.75) is 302 Å². The predicted molar refractivity (Wildman–Crippen MR) is 497 cm³/mol. The number of rotatable bonds is 1. The zero-order chi connectivity index (χ0) is 90.0. The molecule has 0 saturated heterocycles. The molecular weight excluding hydrogens is 1510 g/mol. The maximum atomic E-state index is 13.1. The number of aliphatic hydroxyl groups is 1. The molecule has 0 atom stereocenters. The van der Waals surface area contributed by atoms with Crippen molar-refractivity contribution >= 4 is 40.2 Å². The molecule has 16 heteroatoms. The maximum Gasteiger partial charge on any atom is 0.216 e. The molecule has 3 N–H and O–H groups in total. The molecule has 11 aromatic rings. The number of aliphatic hydroxyl groups excluding tert-OH is 1. The molecule has 0 aliphatic rings. The van der Waals surface area contributed by atoms with Crippen LogP contribution in [-0.2, 0) is 66.2 Å². The molecule has 0 spiro atoms. The van der Waals surface area contributed by atoms with Gasteiger partial charge in [0.25, 0.3) is 0 Å². The zero-order valence-electron chi connectivity index (χ0n) is 77.5. The third-order valence-electron chi connectivity index (χ3n) is 17.2. The van der Waals surface area contributed by atoms with E-state index >= 15 is 0 Å². The van der Waals surface area contributed by atoms with E-state index in [4.69, 9.17) is 38.5 Å². The molecule has 0 aliphatic heterocycles. The Hall–Kier alpha value is -8.53. The van der Waals surface area contributed by atoms with Crippen LogP contribution >= 0.6 is 34.5 Å². The highest BCUT2D eigenvalue weighted by molar-refractivity contribution is 7.09. The van der Waals surface area contributed by atoms with Crippen molar-refractivity contribution in [3.05, 3.63) is 325 Å². The van der Waals surface area contributed by atoms with Crippen LogP contribution in [0.4, 0.5) is 14.5 Å². The molecule has 0 fully saturated rings. The average Bonchev–Trinajstić information content (AvgIpc) is 1.88. The Morgan fingerprint density at radius 2 is 0.872 bits per heavy atom. The number of nitrogens with two attached hydrogens (primary N) is 1. The summed E-state index contributed by atoms with van der Waals surface area (Å²) in [5, 5.41) is 21.0. The lowest BCUT2D eigenvalue weighted by Crippen LogP contribution is -2.27. The standard InChI is InChI=1S/C10H13Cl.C10H13F.C10H15N.C10H14.C9H12ClN.C9H12FNO.C9H14N2.2C9H13N.C9H14O2.C7H11NS/c3*1-10(2,3)8-6-4-5-7-9(8)11;1-10(2,3)9-7-5-4-6-8-9;1-9(2,3)8-7(10)5-4-6-11-8;1-9(2,3)7-4-5-11(12)6-8(7)10;1-7-10-6-5-8(11-7)9(2,3)4;1-9(2,3)8-5-4-6-10-7-8;1-9(2,3)8-6-4-5-7-10-8;1-9(2,3)8-5-4-7(6-10)11-8;1-7(2,3)6-4-8-5-9-6/h2*4-7H,1-3H3;4-7H,11H2,1-3H3;4-8H,1-3H3;4-6H,1-3H3;4-6H,1-3H3;5-6H,1-4H3;2*4-7H,1-3H3;4-5,10H,6H2,1-3H3;4-5H,1-3H3. The van der Waals surface area contributed by atoms with Crippen LogP contribution in [0.15, 0.2) is 229 Å². The smallest absolute Gasteiger partial charge is 0.216 e. The minimum atomic E-state index is -0.444. The van der Waals surface area contributed by atoms with E-state index in [1.807, 2.05) is 170 Å². The number of hydrogen-bond acceptors (Lipinski definition) is 11. The fraction of sp³-hybridized carbons (Fsp3) is 0.455. The van der Waals surface area contributed by atoms with Gasteiger partial charge in [-0.15, -0.1) is 11.3 Å². The predicted octanol–water partition coefficient (Wildman–Crippen LogP) is 28.5. The highest BCUT2D eigenvalue weighted by Gasteiger charge is 2.24. The SMILES string of the molecule is CC(C)(C)c1cc[n+]([O-])cc1F.CC(C)(C)c1ccc(CO)o1.CC(C)(C)c1ccccc1.CC(C)(C)c1ccccc1Cl.CC(C)(C)c1ccccc1F.CC(C)(C)c1ccccc1N.CC(C)(C)c1ccccn1.CC(C)(C)c1cccnc1.CC(C)(C)c1cncs1.CC(C)(C)c1ncccc1Cl.Cc1nccc(C(C)(C)C)n1. The molecular formula is C101H144Cl2F2N8O3S. The molecule has 0 radical (unpaired) electrons. The van der Waals surface area contributed by atoms with Gasteiger partial charge in [-0.3, -0.25) is 19.9 Å². The van der Waals surface area contributed by atoms with Crippen LogP contribution in [0.5, 0.6) is 0 Å². The molecule has 0 amide bonds. The van der Waals surface area contributed by atoms with Gasteiger partial charge in [-0.1, -0.05) is 349 Å². The van der Waals surface area contributed by atoms with Crippen LogP contribution in [-0.4, -0.2) is 35.0 Å². The number of anilines is 1. The number of aryl methyl sites for hydroxylation is 1. The summed E-state index contributed by atoms with van der Waals surface area (Å²) in [5.41, 5.74) is 19.4. The fourth-order valence-electron chi connectivity index (χ4n) is 10.2. The van der Waals surface area contributed by atoms with Gasteiger partial charge < -0.3 is 20.5 Å². The van der Waals surface area contributed by atoms with E-state index in [1.165, 1.54) is 45.5 Å². The molecule has 7 heterocycles. The van der Waals surface area contributed by atoms with Gasteiger partial charge >= 0.3 is 0 Å². The fourth-order valence-corrected chi connectivity index (χ4v) is 11.7. The number of thiazole rings is 1. The van der Waals surface area contributed by atoms with Crippen LogP contribution in [0.25, 0.3) is 0 Å². The van der Waals surface area contributed by atoms with E-state index < -0.39 is 5.82 Å². The summed E-state index contributed by atoms with van der Waals surface area (Å²) in [4.78, 5) is 26.3. The first kappa shape index (κ1) is 106. The Kier molecular flexibility index (Phi) is 43.1. The number of nitrogen functional groups attached to an aromatic ring is 1. The molecule has 117 heavy (non-hydrogen) atoms. The molecule has 11 nitrogen and oxygen atoms in total. The maximum absolute atomic E-state index is 13.1. The van der Waals surface area contributed by atoms with E-state index in [0.717, 1.165) is 56.2 Å². The van der Waals surface area contributed by atoms with Crippen molar-refractivity contribution in [1.82, 2.24) is 29.9 Å². The molecule has 0 saturated carbocycles. The third-order valence-corrected chi connectivity index (χ3v) is 19.0. The van der Waals surface area contributed by atoms with Crippen LogP contribution < -0.4 is 10.5 Å². The molecule has 4 aromatic carbocycles. The van der Waals surface area contributed by atoms with E-state index in [2.05, 4.69) is 271 Å². The normalized spacial score (nSPS) is 11.6. The quantitative estimate of drug-likeness (QED) is 0.0918. The summed E-state index contributed by atoms with van der Waals surface area (Å²) in [6, 6.07) is 54.5. The van der Waals surface area contributed by atoms with Gasteiger partial charge in [0.2, 0.25) is 6.20 Å². The first-order valence-corrected chi connectivity index (χ1v) is 41.7. The Morgan fingerprint density at radius 3 is 1.19 bits per heavy atom. The number of benzene rings is 4. The number of furan rings is 1. The highest BCUT2D eigenvalue weighted by Crippen LogP contribution is 2.32. The zero-order valence-corrected chi connectivity index (χ0v) is 79.8. The van der Waals surface area contributed by atoms with Gasteiger partial charge in [-0.2, -0.15) is 9.12 Å². The number of para-hydroxylation sites is 1.